The second kappa shape index (κ2) is 6.39. The maximum Gasteiger partial charge on any atom is 0.309 e. The summed E-state index contributed by atoms with van der Waals surface area (Å²) >= 11 is 1.57. The van der Waals surface area contributed by atoms with Crippen LogP contribution >= 0.6 is 11.3 Å². The molecule has 128 valence electrons. The Morgan fingerprint density at radius 2 is 2.21 bits per heavy atom. The van der Waals surface area contributed by atoms with E-state index in [2.05, 4.69) is 5.10 Å². The van der Waals surface area contributed by atoms with Gasteiger partial charge in [0, 0.05) is 29.1 Å². The molecule has 2 atom stereocenters. The van der Waals surface area contributed by atoms with Gasteiger partial charge in [-0.15, -0.1) is 11.3 Å². The lowest BCUT2D eigenvalue weighted by molar-refractivity contribution is -0.142. The molecule has 0 radical (unpaired) electrons. The molecule has 1 amide bonds. The zero-order chi connectivity index (χ0) is 17.4. The van der Waals surface area contributed by atoms with Gasteiger partial charge in [0.15, 0.2) is 0 Å². The Morgan fingerprint density at radius 1 is 1.46 bits per heavy atom. The normalized spacial score (nSPS) is 20.8. The third kappa shape index (κ3) is 2.73. The number of nitrogens with zero attached hydrogens (tertiary/aromatic N) is 3. The minimum absolute atomic E-state index is 0.0432. The fraction of sp³-hybridized carbons (Fsp3) is 0.471. The van der Waals surface area contributed by atoms with Crippen LogP contribution in [0.1, 0.15) is 41.2 Å². The number of aryl methyl sites for hydroxylation is 2. The second-order valence-electron chi connectivity index (χ2n) is 6.09. The van der Waals surface area contributed by atoms with Crippen molar-refractivity contribution in [3.8, 4) is 0 Å². The van der Waals surface area contributed by atoms with Gasteiger partial charge in [0.1, 0.15) is 0 Å². The van der Waals surface area contributed by atoms with Gasteiger partial charge in [-0.2, -0.15) is 5.10 Å². The van der Waals surface area contributed by atoms with Gasteiger partial charge in [-0.05, 0) is 32.2 Å². The Hall–Kier alpha value is -2.15. The summed E-state index contributed by atoms with van der Waals surface area (Å²) in [5.41, 5.74) is 2.63. The van der Waals surface area contributed by atoms with E-state index in [1.807, 2.05) is 43.0 Å². The number of carbonyl (C=O) groups is 2. The Kier molecular flexibility index (Phi) is 4.45. The third-order valence-electron chi connectivity index (χ3n) is 4.69. The van der Waals surface area contributed by atoms with Crippen LogP contribution < -0.4 is 0 Å². The summed E-state index contributed by atoms with van der Waals surface area (Å²) in [5.74, 6) is -1.77. The molecule has 0 spiro atoms. The molecular weight excluding hydrogens is 326 g/mol. The van der Waals surface area contributed by atoms with Crippen LogP contribution in [-0.4, -0.2) is 31.7 Å². The Labute approximate surface area is 144 Å². The van der Waals surface area contributed by atoms with Crippen molar-refractivity contribution in [3.63, 3.8) is 0 Å². The molecule has 0 bridgehead atoms. The quantitative estimate of drug-likeness (QED) is 0.902. The van der Waals surface area contributed by atoms with Crippen molar-refractivity contribution >= 4 is 23.2 Å². The lowest BCUT2D eigenvalue weighted by Gasteiger charge is -2.27. The van der Waals surface area contributed by atoms with Crippen LogP contribution in [0.15, 0.2) is 17.5 Å². The molecular formula is C17H21N3O3S. The number of amides is 1. The molecule has 1 saturated heterocycles. The average molecular weight is 347 g/mol. The smallest absolute Gasteiger partial charge is 0.309 e. The van der Waals surface area contributed by atoms with Crippen LogP contribution in [0.5, 0.6) is 0 Å². The lowest BCUT2D eigenvalue weighted by Crippen LogP contribution is -2.30. The van der Waals surface area contributed by atoms with Crippen molar-refractivity contribution in [2.45, 2.75) is 46.3 Å². The summed E-state index contributed by atoms with van der Waals surface area (Å²) in [4.78, 5) is 27.1. The molecule has 6 nitrogen and oxygen atoms in total. The summed E-state index contributed by atoms with van der Waals surface area (Å²) in [5, 5.41) is 16.1. The van der Waals surface area contributed by atoms with Crippen molar-refractivity contribution in [2.24, 2.45) is 5.92 Å². The number of hydrogen-bond acceptors (Lipinski definition) is 4. The van der Waals surface area contributed by atoms with Crippen LogP contribution in [-0.2, 0) is 22.7 Å². The highest BCUT2D eigenvalue weighted by Gasteiger charge is 2.46. The molecule has 1 fully saturated rings. The van der Waals surface area contributed by atoms with Gasteiger partial charge in [0.25, 0.3) is 0 Å². The molecule has 7 heteroatoms. The molecule has 1 N–H and O–H groups in total. The molecule has 2 aromatic rings. The first-order valence-electron chi connectivity index (χ1n) is 8.02. The van der Waals surface area contributed by atoms with Gasteiger partial charge in [-0.25, -0.2) is 0 Å². The van der Waals surface area contributed by atoms with E-state index < -0.39 is 17.9 Å². The van der Waals surface area contributed by atoms with E-state index in [9.17, 15) is 14.7 Å². The number of aromatic nitrogens is 2. The van der Waals surface area contributed by atoms with Crippen molar-refractivity contribution in [1.29, 1.82) is 0 Å². The monoisotopic (exact) mass is 347 g/mol. The summed E-state index contributed by atoms with van der Waals surface area (Å²) < 4.78 is 1.87. The predicted molar refractivity (Wildman–Crippen MR) is 90.7 cm³/mol. The summed E-state index contributed by atoms with van der Waals surface area (Å²) in [7, 11) is 0. The van der Waals surface area contributed by atoms with Gasteiger partial charge >= 0.3 is 5.97 Å². The van der Waals surface area contributed by atoms with Crippen molar-refractivity contribution in [3.05, 3.63) is 39.3 Å². The van der Waals surface area contributed by atoms with Gasteiger partial charge < -0.3 is 10.0 Å². The maximum absolute atomic E-state index is 12.5. The minimum Gasteiger partial charge on any atom is -0.481 e. The van der Waals surface area contributed by atoms with E-state index in [1.54, 1.807) is 16.2 Å². The first-order valence-corrected chi connectivity index (χ1v) is 8.90. The Balaban J connectivity index is 2.06. The molecule has 0 saturated carbocycles. The molecule has 3 rings (SSSR count). The highest BCUT2D eigenvalue weighted by molar-refractivity contribution is 7.09. The predicted octanol–water partition coefficient (Wildman–Crippen LogP) is 2.76. The molecule has 1 aliphatic heterocycles. The average Bonchev–Trinajstić information content (AvgIpc) is 3.21. The Bertz CT molecular complexity index is 766. The van der Waals surface area contributed by atoms with Crippen LogP contribution in [0.2, 0.25) is 0 Å². The van der Waals surface area contributed by atoms with E-state index >= 15 is 0 Å². The van der Waals surface area contributed by atoms with Crippen molar-refractivity contribution in [2.75, 3.05) is 0 Å². The highest BCUT2D eigenvalue weighted by Crippen LogP contribution is 2.42. The molecule has 24 heavy (non-hydrogen) atoms. The number of likely N-dealkylation sites (tertiary alicyclic amines) is 1. The molecule has 0 unspecified atom stereocenters. The van der Waals surface area contributed by atoms with Crippen molar-refractivity contribution in [1.82, 2.24) is 14.7 Å². The topological polar surface area (TPSA) is 75.4 Å². The van der Waals surface area contributed by atoms with Gasteiger partial charge in [0.05, 0.1) is 24.2 Å². The van der Waals surface area contributed by atoms with Gasteiger partial charge in [-0.1, -0.05) is 6.07 Å². The number of carbonyl (C=O) groups excluding carboxylic acids is 1. The van der Waals surface area contributed by atoms with E-state index in [-0.39, 0.29) is 12.3 Å². The zero-order valence-electron chi connectivity index (χ0n) is 14.0. The fourth-order valence-corrected chi connectivity index (χ4v) is 4.28. The van der Waals surface area contributed by atoms with Gasteiger partial charge in [0.2, 0.25) is 5.91 Å². The number of carboxylic acids is 1. The van der Waals surface area contributed by atoms with E-state index in [0.29, 0.717) is 6.54 Å². The second-order valence-corrected chi connectivity index (χ2v) is 7.13. The standard InChI is InChI=1S/C17H21N3O3S/c1-4-20-11(3)15(10(2)18-20)16-13(17(22)23)8-14(21)19(16)9-12-6-5-7-24-12/h5-7,13,16H,4,8-9H2,1-3H3,(H,22,23)/t13-,16+/m0/s1. The fourth-order valence-electron chi connectivity index (χ4n) is 3.57. The summed E-state index contributed by atoms with van der Waals surface area (Å²) in [6.07, 6.45) is 0.0432. The molecule has 0 aromatic carbocycles. The number of rotatable bonds is 5. The van der Waals surface area contributed by atoms with Crippen LogP contribution in [0.4, 0.5) is 0 Å². The van der Waals surface area contributed by atoms with E-state index in [4.69, 9.17) is 0 Å². The van der Waals surface area contributed by atoms with Crippen LogP contribution in [0.3, 0.4) is 0 Å². The van der Waals surface area contributed by atoms with E-state index in [0.717, 1.165) is 28.4 Å². The largest absolute Gasteiger partial charge is 0.481 e. The van der Waals surface area contributed by atoms with Crippen LogP contribution in [0.25, 0.3) is 0 Å². The third-order valence-corrected chi connectivity index (χ3v) is 5.55. The van der Waals surface area contributed by atoms with Gasteiger partial charge in [-0.3, -0.25) is 14.3 Å². The SMILES string of the molecule is CCn1nc(C)c([C@H]2[C@@H](C(=O)O)CC(=O)N2Cc2cccs2)c1C. The zero-order valence-corrected chi connectivity index (χ0v) is 14.8. The van der Waals surface area contributed by atoms with Crippen molar-refractivity contribution < 1.29 is 14.7 Å². The lowest BCUT2D eigenvalue weighted by atomic mass is 9.92. The number of hydrogen-bond donors (Lipinski definition) is 1. The molecule has 0 aliphatic carbocycles. The molecule has 3 heterocycles. The van der Waals surface area contributed by atoms with Crippen LogP contribution in [0, 0.1) is 19.8 Å². The number of carboxylic acid groups (broad SMARTS) is 1. The first kappa shape index (κ1) is 16.7. The van der Waals surface area contributed by atoms with E-state index in [1.165, 1.54) is 0 Å². The Morgan fingerprint density at radius 3 is 2.75 bits per heavy atom. The summed E-state index contributed by atoms with van der Waals surface area (Å²) in [6.45, 7) is 7.00. The minimum atomic E-state index is -0.926. The summed E-state index contributed by atoms with van der Waals surface area (Å²) in [6, 6.07) is 3.45. The first-order chi connectivity index (χ1) is 11.4. The number of aliphatic carboxylic acids is 1. The molecule has 2 aromatic heterocycles. The highest BCUT2D eigenvalue weighted by atomic mass is 32.1. The maximum atomic E-state index is 12.5. The molecule has 1 aliphatic rings. The number of thiophene rings is 1.